The first kappa shape index (κ1) is 10.5. The van der Waals surface area contributed by atoms with E-state index >= 15 is 0 Å². The van der Waals surface area contributed by atoms with Crippen molar-refractivity contribution in [1.82, 2.24) is 10.2 Å². The van der Waals surface area contributed by atoms with Gasteiger partial charge in [0.05, 0.1) is 0 Å². The summed E-state index contributed by atoms with van der Waals surface area (Å²) in [5.41, 5.74) is 0.696. The lowest BCUT2D eigenvalue weighted by Crippen LogP contribution is -2.43. The highest BCUT2D eigenvalue weighted by Crippen LogP contribution is 2.11. The molecule has 4 heteroatoms. The highest BCUT2D eigenvalue weighted by molar-refractivity contribution is 6.30. The summed E-state index contributed by atoms with van der Waals surface area (Å²) in [4.78, 5) is 13.8. The Hall–Kier alpha value is -1.06. The molecule has 3 nitrogen and oxygen atoms in total. The van der Waals surface area contributed by atoms with E-state index in [0.717, 1.165) is 26.2 Å². The second-order valence-electron chi connectivity index (χ2n) is 3.47. The van der Waals surface area contributed by atoms with Crippen molar-refractivity contribution in [2.24, 2.45) is 0 Å². The predicted octanol–water partition coefficient (Wildman–Crippen LogP) is 1.40. The summed E-state index contributed by atoms with van der Waals surface area (Å²) in [7, 11) is 0. The highest BCUT2D eigenvalue weighted by atomic mass is 35.5. The van der Waals surface area contributed by atoms with Crippen molar-refractivity contribution in [3.8, 4) is 0 Å². The van der Waals surface area contributed by atoms with Crippen LogP contribution in [0.1, 0.15) is 10.4 Å². The maximum Gasteiger partial charge on any atom is 0.253 e. The summed E-state index contributed by atoms with van der Waals surface area (Å²) in [5.74, 6) is 0.0709. The third-order valence-electron chi connectivity index (χ3n) is 2.43. The number of rotatable bonds is 1. The van der Waals surface area contributed by atoms with Gasteiger partial charge in [0, 0.05) is 36.8 Å². The van der Waals surface area contributed by atoms with Crippen LogP contribution in [0.5, 0.6) is 0 Å². The second kappa shape index (κ2) is 4.64. The van der Waals surface area contributed by atoms with Crippen molar-refractivity contribution < 1.29 is 4.79 Å². The number of benzene rings is 1. The number of carbonyl (C=O) groups excluding carboxylic acids is 1. The Labute approximate surface area is 94.0 Å². The molecule has 1 radical (unpaired) electrons. The number of hydrogen-bond acceptors (Lipinski definition) is 1. The minimum absolute atomic E-state index is 0.0709. The molecule has 1 saturated heterocycles. The zero-order valence-corrected chi connectivity index (χ0v) is 9.07. The monoisotopic (exact) mass is 223 g/mol. The number of hydrogen-bond donors (Lipinski definition) is 0. The molecule has 1 amide bonds. The van der Waals surface area contributed by atoms with E-state index in [2.05, 4.69) is 5.32 Å². The summed E-state index contributed by atoms with van der Waals surface area (Å²) in [6.07, 6.45) is 0. The first-order valence-corrected chi connectivity index (χ1v) is 5.33. The maximum absolute atomic E-state index is 12.0. The normalized spacial score (nSPS) is 16.5. The van der Waals surface area contributed by atoms with E-state index in [1.807, 2.05) is 4.90 Å². The Kier molecular flexibility index (Phi) is 3.23. The van der Waals surface area contributed by atoms with Gasteiger partial charge in [0.2, 0.25) is 0 Å². The zero-order valence-electron chi connectivity index (χ0n) is 8.32. The lowest BCUT2D eigenvalue weighted by atomic mass is 10.2. The van der Waals surface area contributed by atoms with Gasteiger partial charge in [0.1, 0.15) is 0 Å². The molecule has 1 aliphatic rings. The van der Waals surface area contributed by atoms with Crippen LogP contribution in [0, 0.1) is 0 Å². The average molecular weight is 224 g/mol. The van der Waals surface area contributed by atoms with Gasteiger partial charge in [-0.3, -0.25) is 4.79 Å². The Morgan fingerprint density at radius 2 is 1.80 bits per heavy atom. The number of amides is 1. The molecule has 0 spiro atoms. The fourth-order valence-electron chi connectivity index (χ4n) is 1.58. The van der Waals surface area contributed by atoms with Crippen LogP contribution in [-0.4, -0.2) is 37.0 Å². The van der Waals surface area contributed by atoms with Crippen LogP contribution in [0.15, 0.2) is 24.3 Å². The van der Waals surface area contributed by atoms with Gasteiger partial charge in [-0.15, -0.1) is 0 Å². The summed E-state index contributed by atoms with van der Waals surface area (Å²) < 4.78 is 0. The zero-order chi connectivity index (χ0) is 10.7. The molecular weight excluding hydrogens is 212 g/mol. The molecule has 1 aliphatic heterocycles. The quantitative estimate of drug-likeness (QED) is 0.709. The van der Waals surface area contributed by atoms with E-state index in [-0.39, 0.29) is 5.91 Å². The van der Waals surface area contributed by atoms with Crippen LogP contribution in [0.2, 0.25) is 5.02 Å². The Bertz CT molecular complexity index is 344. The molecule has 1 aromatic carbocycles. The fraction of sp³-hybridized carbons (Fsp3) is 0.364. The van der Waals surface area contributed by atoms with E-state index in [1.54, 1.807) is 24.3 Å². The van der Waals surface area contributed by atoms with Gasteiger partial charge in [-0.05, 0) is 24.3 Å². The Morgan fingerprint density at radius 3 is 2.40 bits per heavy atom. The van der Waals surface area contributed by atoms with Crippen molar-refractivity contribution in [2.45, 2.75) is 0 Å². The van der Waals surface area contributed by atoms with Gasteiger partial charge in [-0.1, -0.05) is 11.6 Å². The van der Waals surface area contributed by atoms with Crippen LogP contribution < -0.4 is 5.32 Å². The third kappa shape index (κ3) is 2.49. The molecule has 0 N–H and O–H groups in total. The number of halogens is 1. The van der Waals surface area contributed by atoms with Crippen molar-refractivity contribution in [2.75, 3.05) is 26.2 Å². The summed E-state index contributed by atoms with van der Waals surface area (Å²) in [6.45, 7) is 2.95. The van der Waals surface area contributed by atoms with Crippen LogP contribution >= 0.6 is 11.6 Å². The Balaban J connectivity index is 2.09. The van der Waals surface area contributed by atoms with Crippen LogP contribution in [-0.2, 0) is 0 Å². The molecule has 0 aromatic heterocycles. The predicted molar refractivity (Wildman–Crippen MR) is 59.2 cm³/mol. The van der Waals surface area contributed by atoms with Crippen molar-refractivity contribution in [3.63, 3.8) is 0 Å². The van der Waals surface area contributed by atoms with Crippen LogP contribution in [0.25, 0.3) is 0 Å². The molecule has 1 aromatic rings. The fourth-order valence-corrected chi connectivity index (χ4v) is 1.71. The Morgan fingerprint density at radius 1 is 1.20 bits per heavy atom. The lowest BCUT2D eigenvalue weighted by Gasteiger charge is -2.26. The molecule has 0 aliphatic carbocycles. The summed E-state index contributed by atoms with van der Waals surface area (Å²) >= 11 is 5.76. The van der Waals surface area contributed by atoms with Crippen LogP contribution in [0.3, 0.4) is 0 Å². The van der Waals surface area contributed by atoms with Gasteiger partial charge in [-0.25, -0.2) is 5.32 Å². The molecule has 15 heavy (non-hydrogen) atoms. The lowest BCUT2D eigenvalue weighted by molar-refractivity contribution is 0.0734. The number of carbonyl (C=O) groups is 1. The maximum atomic E-state index is 12.0. The van der Waals surface area contributed by atoms with Crippen molar-refractivity contribution in [1.29, 1.82) is 0 Å². The largest absolute Gasteiger partial charge is 0.336 e. The van der Waals surface area contributed by atoms with E-state index in [9.17, 15) is 4.79 Å². The molecule has 1 fully saturated rings. The molecule has 0 atom stereocenters. The molecule has 2 rings (SSSR count). The van der Waals surface area contributed by atoms with Crippen LogP contribution in [0.4, 0.5) is 0 Å². The highest BCUT2D eigenvalue weighted by Gasteiger charge is 2.17. The smallest absolute Gasteiger partial charge is 0.253 e. The van der Waals surface area contributed by atoms with E-state index in [1.165, 1.54) is 0 Å². The number of piperazine rings is 1. The molecule has 0 unspecified atom stereocenters. The summed E-state index contributed by atoms with van der Waals surface area (Å²) in [6, 6.07) is 7.00. The number of nitrogens with zero attached hydrogens (tertiary/aromatic N) is 2. The second-order valence-corrected chi connectivity index (χ2v) is 3.91. The van der Waals surface area contributed by atoms with E-state index < -0.39 is 0 Å². The minimum Gasteiger partial charge on any atom is -0.336 e. The van der Waals surface area contributed by atoms with Gasteiger partial charge < -0.3 is 4.90 Å². The van der Waals surface area contributed by atoms with Gasteiger partial charge >= 0.3 is 0 Å². The van der Waals surface area contributed by atoms with Crippen molar-refractivity contribution >= 4 is 17.5 Å². The minimum atomic E-state index is 0.0709. The van der Waals surface area contributed by atoms with E-state index in [4.69, 9.17) is 11.6 Å². The molecule has 1 heterocycles. The van der Waals surface area contributed by atoms with Crippen molar-refractivity contribution in [3.05, 3.63) is 34.9 Å². The first-order valence-electron chi connectivity index (χ1n) is 4.95. The van der Waals surface area contributed by atoms with Gasteiger partial charge in [0.25, 0.3) is 5.91 Å². The average Bonchev–Trinajstić information content (AvgIpc) is 2.30. The van der Waals surface area contributed by atoms with Gasteiger partial charge in [-0.2, -0.15) is 0 Å². The SMILES string of the molecule is O=C(c1ccc(Cl)cc1)N1CC[N]CC1. The molecule has 79 valence electrons. The first-order chi connectivity index (χ1) is 7.27. The van der Waals surface area contributed by atoms with E-state index in [0.29, 0.717) is 10.6 Å². The standard InChI is InChI=1S/C11H12ClN2O/c12-10-3-1-9(2-4-10)11(15)14-7-5-13-6-8-14/h1-4H,5-8H2. The van der Waals surface area contributed by atoms with Gasteiger partial charge in [0.15, 0.2) is 0 Å². The molecule has 0 bridgehead atoms. The molecular formula is C11H12ClN2O. The summed E-state index contributed by atoms with van der Waals surface area (Å²) in [5, 5.41) is 4.86. The molecule has 0 saturated carbocycles. The third-order valence-corrected chi connectivity index (χ3v) is 2.69. The topological polar surface area (TPSA) is 34.4 Å².